The second-order valence-electron chi connectivity index (χ2n) is 10.1. The van der Waals surface area contributed by atoms with Crippen LogP contribution in [0.15, 0.2) is 109 Å². The van der Waals surface area contributed by atoms with Gasteiger partial charge in [-0.25, -0.2) is 0 Å². The molecule has 0 saturated carbocycles. The highest BCUT2D eigenvalue weighted by molar-refractivity contribution is 9.15. The molecule has 0 radical (unpaired) electrons. The minimum Gasteiger partial charge on any atom is -0.332 e. The quantitative estimate of drug-likeness (QED) is 0.199. The molecule has 3 heteroatoms. The minimum atomic E-state index is -0.182. The third kappa shape index (κ3) is 2.65. The van der Waals surface area contributed by atoms with Crippen LogP contribution < -0.4 is 4.90 Å². The summed E-state index contributed by atoms with van der Waals surface area (Å²) in [6.07, 6.45) is 2.48. The van der Waals surface area contributed by atoms with Crippen LogP contribution in [0.4, 0.5) is 11.4 Å². The molecule has 2 heterocycles. The first-order valence-electron chi connectivity index (χ1n) is 12.3. The molecule has 1 aliphatic carbocycles. The van der Waals surface area contributed by atoms with Crippen LogP contribution in [0.5, 0.6) is 0 Å². The molecule has 1 aromatic heterocycles. The lowest BCUT2D eigenvalue weighted by Gasteiger charge is -2.38. The van der Waals surface area contributed by atoms with Crippen molar-refractivity contribution in [1.29, 1.82) is 0 Å². The summed E-state index contributed by atoms with van der Waals surface area (Å²) in [4.78, 5) is 4.02. The molecule has 0 fully saturated rings. The van der Waals surface area contributed by atoms with Gasteiger partial charge in [0.05, 0.1) is 6.04 Å². The molecule has 0 amide bonds. The predicted octanol–water partition coefficient (Wildman–Crippen LogP) is 10.1. The number of hydrogen-bond acceptors (Lipinski definition) is 2. The Labute approximate surface area is 222 Å². The smallest absolute Gasteiger partial charge is 0.0821 e. The molecular formula is C33H22BrNS. The highest BCUT2D eigenvalue weighted by Crippen LogP contribution is 2.64. The van der Waals surface area contributed by atoms with Gasteiger partial charge < -0.3 is 4.90 Å². The van der Waals surface area contributed by atoms with Crippen LogP contribution in [-0.4, -0.2) is 0 Å². The van der Waals surface area contributed by atoms with E-state index in [2.05, 4.69) is 137 Å². The monoisotopic (exact) mass is 543 g/mol. The van der Waals surface area contributed by atoms with Crippen molar-refractivity contribution in [2.75, 3.05) is 4.90 Å². The summed E-state index contributed by atoms with van der Waals surface area (Å²) < 4.78 is 2.55. The van der Waals surface area contributed by atoms with Crippen LogP contribution >= 0.6 is 27.3 Å². The number of halogens is 1. The van der Waals surface area contributed by atoms with Crippen LogP contribution in [0.1, 0.15) is 29.0 Å². The van der Waals surface area contributed by atoms with Gasteiger partial charge in [-0.15, -0.1) is 11.3 Å². The Bertz CT molecular complexity index is 1880. The molecular weight excluding hydrogens is 522 g/mol. The maximum atomic E-state index is 4.06. The Morgan fingerprint density at radius 2 is 1.44 bits per heavy atom. The van der Waals surface area contributed by atoms with Crippen molar-refractivity contribution in [2.24, 2.45) is 0 Å². The molecule has 5 aromatic carbocycles. The maximum Gasteiger partial charge on any atom is 0.0821 e. The summed E-state index contributed by atoms with van der Waals surface area (Å²) >= 11 is 6.02. The molecule has 2 atom stereocenters. The summed E-state index contributed by atoms with van der Waals surface area (Å²) in [7, 11) is 0. The van der Waals surface area contributed by atoms with Gasteiger partial charge in [-0.2, -0.15) is 0 Å². The zero-order valence-electron chi connectivity index (χ0n) is 19.7. The minimum absolute atomic E-state index is 0.178. The molecule has 8 rings (SSSR count). The lowest BCUT2D eigenvalue weighted by atomic mass is 9.72. The van der Waals surface area contributed by atoms with Crippen molar-refractivity contribution >= 4 is 74.8 Å². The number of nitrogens with zero attached hydrogens (tertiary/aromatic N) is 1. The lowest BCUT2D eigenvalue weighted by molar-refractivity contribution is 0.508. The molecule has 0 saturated heterocycles. The molecule has 0 bridgehead atoms. The van der Waals surface area contributed by atoms with E-state index in [1.165, 1.54) is 63.5 Å². The average molecular weight is 545 g/mol. The van der Waals surface area contributed by atoms with Crippen molar-refractivity contribution < 1.29 is 0 Å². The molecule has 0 spiro atoms. The second-order valence-corrected chi connectivity index (χ2v) is 12.0. The number of benzene rings is 5. The number of thiophene rings is 1. The summed E-state index contributed by atoms with van der Waals surface area (Å²) in [6.45, 7) is 2.43. The highest BCUT2D eigenvalue weighted by Gasteiger charge is 2.52. The number of rotatable bonds is 1. The Hall–Kier alpha value is -3.40. The van der Waals surface area contributed by atoms with Gasteiger partial charge in [0.2, 0.25) is 0 Å². The lowest BCUT2D eigenvalue weighted by Crippen LogP contribution is -2.34. The van der Waals surface area contributed by atoms with Gasteiger partial charge >= 0.3 is 0 Å². The SMILES string of the molecule is CC12C=C(Br)c3c(sc4cc5ccccc5cc34)C1N(c1ccccc1)c1ccc3ccccc3c12. The fourth-order valence-corrected chi connectivity index (χ4v) is 9.08. The van der Waals surface area contributed by atoms with E-state index in [1.807, 2.05) is 11.3 Å². The third-order valence-corrected chi connectivity index (χ3v) is 9.89. The van der Waals surface area contributed by atoms with Crippen LogP contribution in [0.3, 0.4) is 0 Å². The van der Waals surface area contributed by atoms with Crippen molar-refractivity contribution in [3.8, 4) is 0 Å². The van der Waals surface area contributed by atoms with E-state index in [1.54, 1.807) is 0 Å². The van der Waals surface area contributed by atoms with Crippen molar-refractivity contribution in [3.63, 3.8) is 0 Å². The fourth-order valence-electron chi connectivity index (χ4n) is 6.56. The van der Waals surface area contributed by atoms with E-state index < -0.39 is 0 Å². The number of fused-ring (bicyclic) bond motifs is 10. The van der Waals surface area contributed by atoms with E-state index in [0.717, 1.165) is 0 Å². The summed E-state index contributed by atoms with van der Waals surface area (Å²) in [5, 5.41) is 6.57. The number of anilines is 2. The van der Waals surface area contributed by atoms with Gasteiger partial charge in [0.1, 0.15) is 0 Å². The maximum absolute atomic E-state index is 4.06. The van der Waals surface area contributed by atoms with E-state index in [9.17, 15) is 0 Å². The predicted molar refractivity (Wildman–Crippen MR) is 159 cm³/mol. The zero-order valence-corrected chi connectivity index (χ0v) is 22.1. The molecule has 172 valence electrons. The topological polar surface area (TPSA) is 3.24 Å². The second kappa shape index (κ2) is 7.32. The summed E-state index contributed by atoms with van der Waals surface area (Å²) in [5.41, 5.74) is 5.13. The van der Waals surface area contributed by atoms with E-state index in [-0.39, 0.29) is 11.5 Å². The largest absolute Gasteiger partial charge is 0.332 e. The van der Waals surface area contributed by atoms with Crippen LogP contribution in [0.2, 0.25) is 0 Å². The Morgan fingerprint density at radius 1 is 0.750 bits per heavy atom. The van der Waals surface area contributed by atoms with E-state index in [4.69, 9.17) is 0 Å². The van der Waals surface area contributed by atoms with Crippen molar-refractivity contribution in [2.45, 2.75) is 18.4 Å². The molecule has 0 N–H and O–H groups in total. The van der Waals surface area contributed by atoms with E-state index >= 15 is 0 Å². The Balaban J connectivity index is 1.49. The highest BCUT2D eigenvalue weighted by atomic mass is 79.9. The average Bonchev–Trinajstić information content (AvgIpc) is 3.40. The summed E-state index contributed by atoms with van der Waals surface area (Å²) in [6, 6.07) is 38.0. The Morgan fingerprint density at radius 3 is 2.25 bits per heavy atom. The van der Waals surface area contributed by atoms with Gasteiger partial charge in [0.15, 0.2) is 0 Å². The van der Waals surface area contributed by atoms with Gasteiger partial charge in [0.25, 0.3) is 0 Å². The summed E-state index contributed by atoms with van der Waals surface area (Å²) in [5.74, 6) is 0. The van der Waals surface area contributed by atoms with Crippen molar-refractivity contribution in [3.05, 3.63) is 125 Å². The molecule has 36 heavy (non-hydrogen) atoms. The van der Waals surface area contributed by atoms with Crippen LogP contribution in [0.25, 0.3) is 36.1 Å². The molecule has 2 aliphatic rings. The first-order chi connectivity index (χ1) is 17.6. The molecule has 6 aromatic rings. The number of hydrogen-bond donors (Lipinski definition) is 0. The van der Waals surface area contributed by atoms with Crippen LogP contribution in [-0.2, 0) is 5.41 Å². The van der Waals surface area contributed by atoms with Gasteiger partial charge in [-0.1, -0.05) is 94.8 Å². The van der Waals surface area contributed by atoms with Gasteiger partial charge in [0, 0.05) is 41.8 Å². The normalized spacial score (nSPS) is 20.4. The van der Waals surface area contributed by atoms with Gasteiger partial charge in [-0.3, -0.25) is 0 Å². The molecule has 1 aliphatic heterocycles. The van der Waals surface area contributed by atoms with Gasteiger partial charge in [-0.05, 0) is 64.4 Å². The first-order valence-corrected chi connectivity index (χ1v) is 13.9. The van der Waals surface area contributed by atoms with E-state index in [0.29, 0.717) is 0 Å². The fraction of sp³-hybridized carbons (Fsp3) is 0.0909. The first kappa shape index (κ1) is 20.8. The van der Waals surface area contributed by atoms with Crippen LogP contribution in [0, 0.1) is 0 Å². The number of para-hydroxylation sites is 1. The Kier molecular flexibility index (Phi) is 4.22. The molecule has 1 nitrogen and oxygen atoms in total. The zero-order chi connectivity index (χ0) is 24.0. The van der Waals surface area contributed by atoms with Crippen molar-refractivity contribution in [1.82, 2.24) is 0 Å². The standard InChI is InChI=1S/C33H22BrNS/c1-33-19-26(34)29-25-17-21-10-5-6-11-22(21)18-28(25)36-31(29)32(33)35(23-12-3-2-4-13-23)27-16-15-20-9-7-8-14-24(20)30(27)33/h2-19,32H,1H3. The third-order valence-electron chi connectivity index (χ3n) is 8.06. The molecule has 2 unspecified atom stereocenters.